The number of fused-ring (bicyclic) bond motifs is 1. The third kappa shape index (κ3) is 3.52. The molecule has 2 aliphatic rings. The maximum Gasteiger partial charge on any atom is 0.269 e. The van der Waals surface area contributed by atoms with Crippen LogP contribution in [-0.4, -0.2) is 17.7 Å². The highest BCUT2D eigenvalue weighted by Crippen LogP contribution is 2.55. The Morgan fingerprint density at radius 3 is 2.13 bits per heavy atom. The standard InChI is InChI=1S/C17H21N3O3/c1-10(21)18-12-8-6-11(7-9-12)16(22)19-20-17(23)15-13-4-2-3-5-14(13)15/h6-9,13-15H,2-5H2,1H3,(H,18,21)(H,19,22)(H,20,23)/t13-,14-/m0/s1. The van der Waals surface area contributed by atoms with Crippen molar-refractivity contribution in [3.63, 3.8) is 0 Å². The van der Waals surface area contributed by atoms with Crippen LogP contribution in [0.15, 0.2) is 24.3 Å². The fourth-order valence-electron chi connectivity index (χ4n) is 3.56. The van der Waals surface area contributed by atoms with E-state index < -0.39 is 0 Å². The molecule has 0 bridgehead atoms. The average Bonchev–Trinajstić information content (AvgIpc) is 3.27. The molecule has 2 atom stereocenters. The molecule has 3 rings (SSSR count). The van der Waals surface area contributed by atoms with E-state index >= 15 is 0 Å². The highest BCUT2D eigenvalue weighted by molar-refractivity contribution is 5.96. The Hall–Kier alpha value is -2.37. The van der Waals surface area contributed by atoms with E-state index in [1.165, 1.54) is 19.8 Å². The Morgan fingerprint density at radius 1 is 0.957 bits per heavy atom. The molecule has 0 spiro atoms. The second-order valence-corrected chi connectivity index (χ2v) is 6.34. The molecule has 0 saturated heterocycles. The summed E-state index contributed by atoms with van der Waals surface area (Å²) in [6.07, 6.45) is 4.67. The Kier molecular flexibility index (Phi) is 4.32. The van der Waals surface area contributed by atoms with Gasteiger partial charge in [0.25, 0.3) is 5.91 Å². The molecule has 6 heteroatoms. The van der Waals surface area contributed by atoms with Crippen LogP contribution in [0.25, 0.3) is 0 Å². The largest absolute Gasteiger partial charge is 0.326 e. The molecule has 0 aliphatic heterocycles. The molecule has 122 valence electrons. The van der Waals surface area contributed by atoms with Gasteiger partial charge in [-0.3, -0.25) is 25.2 Å². The van der Waals surface area contributed by atoms with Crippen LogP contribution in [0, 0.1) is 17.8 Å². The van der Waals surface area contributed by atoms with Gasteiger partial charge in [-0.25, -0.2) is 0 Å². The van der Waals surface area contributed by atoms with Gasteiger partial charge in [0.2, 0.25) is 11.8 Å². The topological polar surface area (TPSA) is 87.3 Å². The normalized spacial score (nSPS) is 25.0. The highest BCUT2D eigenvalue weighted by Gasteiger charge is 2.54. The number of carbonyl (C=O) groups excluding carboxylic acids is 3. The summed E-state index contributed by atoms with van der Waals surface area (Å²) < 4.78 is 0. The molecule has 2 aliphatic carbocycles. The second kappa shape index (κ2) is 6.40. The maximum absolute atomic E-state index is 12.1. The molecule has 1 aromatic carbocycles. The SMILES string of the molecule is CC(=O)Nc1ccc(C(=O)NNC(=O)C2[C@H]3CCCC[C@H]23)cc1. The zero-order valence-electron chi connectivity index (χ0n) is 13.1. The fourth-order valence-corrected chi connectivity index (χ4v) is 3.56. The third-order valence-corrected chi connectivity index (χ3v) is 4.73. The smallest absolute Gasteiger partial charge is 0.269 e. The Balaban J connectivity index is 1.49. The lowest BCUT2D eigenvalue weighted by Crippen LogP contribution is -2.42. The molecule has 0 unspecified atom stereocenters. The van der Waals surface area contributed by atoms with Crippen LogP contribution in [-0.2, 0) is 9.59 Å². The second-order valence-electron chi connectivity index (χ2n) is 6.34. The summed E-state index contributed by atoms with van der Waals surface area (Å²) in [7, 11) is 0. The first-order valence-corrected chi connectivity index (χ1v) is 8.04. The zero-order chi connectivity index (χ0) is 16.4. The van der Waals surface area contributed by atoms with Crippen molar-refractivity contribution >= 4 is 23.4 Å². The predicted octanol–water partition coefficient (Wildman–Crippen LogP) is 1.84. The average molecular weight is 315 g/mol. The Morgan fingerprint density at radius 2 is 1.57 bits per heavy atom. The first kappa shape index (κ1) is 15.5. The van der Waals surface area contributed by atoms with Gasteiger partial charge in [0.05, 0.1) is 0 Å². The first-order chi connectivity index (χ1) is 11.1. The summed E-state index contributed by atoms with van der Waals surface area (Å²) in [6, 6.07) is 6.49. The van der Waals surface area contributed by atoms with Crippen molar-refractivity contribution in [1.82, 2.24) is 10.9 Å². The van der Waals surface area contributed by atoms with E-state index in [2.05, 4.69) is 16.2 Å². The molecule has 0 radical (unpaired) electrons. The number of hydrazine groups is 1. The van der Waals surface area contributed by atoms with Crippen molar-refractivity contribution in [3.05, 3.63) is 29.8 Å². The van der Waals surface area contributed by atoms with Crippen LogP contribution < -0.4 is 16.2 Å². The van der Waals surface area contributed by atoms with E-state index in [0.717, 1.165) is 12.8 Å². The molecular weight excluding hydrogens is 294 g/mol. The zero-order valence-corrected chi connectivity index (χ0v) is 13.1. The molecule has 0 heterocycles. The van der Waals surface area contributed by atoms with E-state index in [9.17, 15) is 14.4 Å². The van der Waals surface area contributed by atoms with Crippen molar-refractivity contribution in [1.29, 1.82) is 0 Å². The van der Waals surface area contributed by atoms with E-state index in [1.54, 1.807) is 24.3 Å². The van der Waals surface area contributed by atoms with E-state index in [1.807, 2.05) is 0 Å². The number of amides is 3. The molecule has 3 amide bonds. The van der Waals surface area contributed by atoms with Crippen molar-refractivity contribution < 1.29 is 14.4 Å². The van der Waals surface area contributed by atoms with Gasteiger partial charge in [-0.05, 0) is 48.9 Å². The van der Waals surface area contributed by atoms with Crippen molar-refractivity contribution in [3.8, 4) is 0 Å². The monoisotopic (exact) mass is 315 g/mol. The van der Waals surface area contributed by atoms with Crippen molar-refractivity contribution in [2.75, 3.05) is 5.32 Å². The van der Waals surface area contributed by atoms with Crippen LogP contribution in [0.4, 0.5) is 5.69 Å². The van der Waals surface area contributed by atoms with Gasteiger partial charge in [-0.2, -0.15) is 0 Å². The minimum Gasteiger partial charge on any atom is -0.326 e. The van der Waals surface area contributed by atoms with Crippen LogP contribution in [0.1, 0.15) is 43.0 Å². The Labute approximate surface area is 135 Å². The lowest BCUT2D eigenvalue weighted by Gasteiger charge is -2.08. The molecule has 3 N–H and O–H groups in total. The molecule has 1 aromatic rings. The number of hydrogen-bond donors (Lipinski definition) is 3. The fraction of sp³-hybridized carbons (Fsp3) is 0.471. The summed E-state index contributed by atoms with van der Waals surface area (Å²) in [5.41, 5.74) is 6.05. The summed E-state index contributed by atoms with van der Waals surface area (Å²) >= 11 is 0. The lowest BCUT2D eigenvalue weighted by molar-refractivity contribution is -0.123. The summed E-state index contributed by atoms with van der Waals surface area (Å²) in [4.78, 5) is 35.1. The van der Waals surface area contributed by atoms with Crippen LogP contribution in [0.3, 0.4) is 0 Å². The van der Waals surface area contributed by atoms with Crippen molar-refractivity contribution in [2.24, 2.45) is 17.8 Å². The number of rotatable bonds is 3. The minimum atomic E-state index is -0.364. The van der Waals surface area contributed by atoms with E-state index in [-0.39, 0.29) is 23.6 Å². The van der Waals surface area contributed by atoms with Gasteiger partial charge in [0.15, 0.2) is 0 Å². The maximum atomic E-state index is 12.1. The summed E-state index contributed by atoms with van der Waals surface area (Å²) in [5, 5.41) is 2.63. The van der Waals surface area contributed by atoms with E-state index in [4.69, 9.17) is 0 Å². The quantitative estimate of drug-likeness (QED) is 0.744. The molecule has 0 aromatic heterocycles. The van der Waals surface area contributed by atoms with Crippen LogP contribution in [0.2, 0.25) is 0 Å². The van der Waals surface area contributed by atoms with Crippen LogP contribution in [0.5, 0.6) is 0 Å². The lowest BCUT2D eigenvalue weighted by atomic mass is 10.0. The van der Waals surface area contributed by atoms with Gasteiger partial charge in [0.1, 0.15) is 0 Å². The highest BCUT2D eigenvalue weighted by atomic mass is 16.2. The minimum absolute atomic E-state index is 0.0694. The molecule has 2 saturated carbocycles. The van der Waals surface area contributed by atoms with Crippen LogP contribution >= 0.6 is 0 Å². The van der Waals surface area contributed by atoms with E-state index in [0.29, 0.717) is 23.1 Å². The van der Waals surface area contributed by atoms with Gasteiger partial charge >= 0.3 is 0 Å². The van der Waals surface area contributed by atoms with Gasteiger partial charge in [-0.1, -0.05) is 12.8 Å². The number of carbonyl (C=O) groups is 3. The summed E-state index contributed by atoms with van der Waals surface area (Å²) in [5.74, 6) is 0.483. The van der Waals surface area contributed by atoms with Gasteiger partial charge in [-0.15, -0.1) is 0 Å². The number of nitrogens with one attached hydrogen (secondary N) is 3. The third-order valence-electron chi connectivity index (χ3n) is 4.73. The molecule has 2 fully saturated rings. The van der Waals surface area contributed by atoms with Gasteiger partial charge in [0, 0.05) is 24.1 Å². The van der Waals surface area contributed by atoms with Gasteiger partial charge < -0.3 is 5.32 Å². The number of anilines is 1. The predicted molar refractivity (Wildman–Crippen MR) is 85.3 cm³/mol. The molecule has 6 nitrogen and oxygen atoms in total. The van der Waals surface area contributed by atoms with Crippen molar-refractivity contribution in [2.45, 2.75) is 32.6 Å². The molecule has 23 heavy (non-hydrogen) atoms. The summed E-state index contributed by atoms with van der Waals surface area (Å²) in [6.45, 7) is 1.42. The first-order valence-electron chi connectivity index (χ1n) is 8.04. The number of hydrogen-bond acceptors (Lipinski definition) is 3. The Bertz CT molecular complexity index is 614. The molecular formula is C17H21N3O3. The number of benzene rings is 1.